The van der Waals surface area contributed by atoms with E-state index in [1.807, 2.05) is 58.1 Å². The SMILES string of the molecule is COC1C(=O)C(C)C[C@H](C)/C=C/C=C/C=C(\C)[C@@H](OC)CC2CC[C@@H](C)[C@@](O)(O2)C(=O)C(=O)N2CCCC[C@H]2C(=O)O[C@H]([C@H](C)C[C@@H]2CCC(O)[C@H](OC)C2)CC(=O)[C@H](C)/C=C(\C)[C@H]1O. The van der Waals surface area contributed by atoms with Crippen molar-refractivity contribution in [2.24, 2.45) is 35.5 Å². The van der Waals surface area contributed by atoms with Crippen molar-refractivity contribution >= 4 is 29.2 Å². The van der Waals surface area contributed by atoms with Crippen molar-refractivity contribution in [2.45, 2.75) is 180 Å². The molecule has 3 aliphatic heterocycles. The molecule has 0 aromatic carbocycles. The van der Waals surface area contributed by atoms with Crippen LogP contribution in [0.4, 0.5) is 0 Å². The van der Waals surface area contributed by atoms with Crippen LogP contribution in [-0.2, 0) is 47.7 Å². The minimum atomic E-state index is -2.43. The number of rotatable bonds is 6. The number of aliphatic hydroxyl groups excluding tert-OH is 2. The molecule has 0 aromatic heterocycles. The number of carbonyl (C=O) groups excluding carboxylic acids is 5. The molecule has 4 aliphatic rings. The van der Waals surface area contributed by atoms with Gasteiger partial charge in [-0.05, 0) is 107 Å². The number of fused-ring (bicyclic) bond motifs is 3. The monoisotopic (exact) mass is 914 g/mol. The highest BCUT2D eigenvalue weighted by Crippen LogP contribution is 2.38. The first-order valence-corrected chi connectivity index (χ1v) is 23.9. The van der Waals surface area contributed by atoms with Gasteiger partial charge in [-0.15, -0.1) is 0 Å². The number of aliphatic hydroxyl groups is 3. The fraction of sp³-hybridized carbons (Fsp3) is 0.745. The van der Waals surface area contributed by atoms with Crippen molar-refractivity contribution in [1.82, 2.24) is 4.90 Å². The number of ketones is 3. The van der Waals surface area contributed by atoms with E-state index in [1.165, 1.54) is 12.0 Å². The molecule has 0 aromatic rings. The number of amides is 1. The lowest BCUT2D eigenvalue weighted by Gasteiger charge is -2.42. The predicted octanol–water partition coefficient (Wildman–Crippen LogP) is 6.18. The largest absolute Gasteiger partial charge is 0.460 e. The molecule has 1 aliphatic carbocycles. The Morgan fingerprint density at radius 1 is 0.846 bits per heavy atom. The van der Waals surface area contributed by atoms with Crippen LogP contribution >= 0.6 is 0 Å². The van der Waals surface area contributed by atoms with Gasteiger partial charge in [0.1, 0.15) is 30.1 Å². The normalized spacial score (nSPS) is 40.4. The van der Waals surface area contributed by atoms with Crippen LogP contribution in [0.25, 0.3) is 0 Å². The number of esters is 1. The summed E-state index contributed by atoms with van der Waals surface area (Å²) in [6, 6.07) is -1.14. The number of cyclic esters (lactones) is 1. The first-order valence-electron chi connectivity index (χ1n) is 23.9. The lowest BCUT2D eigenvalue weighted by atomic mass is 9.78. The summed E-state index contributed by atoms with van der Waals surface area (Å²) in [6.45, 7) is 12.7. The smallest absolute Gasteiger partial charge is 0.329 e. The molecule has 366 valence electrons. The van der Waals surface area contributed by atoms with E-state index in [2.05, 4.69) is 0 Å². The minimum absolute atomic E-state index is 0.0193. The van der Waals surface area contributed by atoms with Crippen LogP contribution in [0.15, 0.2) is 47.6 Å². The minimum Gasteiger partial charge on any atom is -0.460 e. The molecule has 3 fully saturated rings. The summed E-state index contributed by atoms with van der Waals surface area (Å²) in [6.07, 6.45) is 11.2. The van der Waals surface area contributed by atoms with Gasteiger partial charge in [-0.3, -0.25) is 19.2 Å². The number of allylic oxidation sites excluding steroid dienone is 6. The van der Waals surface area contributed by atoms with E-state index in [4.69, 9.17) is 23.7 Å². The Labute approximate surface area is 387 Å². The number of carbonyl (C=O) groups is 5. The van der Waals surface area contributed by atoms with Crippen molar-refractivity contribution in [3.8, 4) is 0 Å². The summed E-state index contributed by atoms with van der Waals surface area (Å²) in [7, 11) is 4.52. The van der Waals surface area contributed by atoms with Crippen LogP contribution in [-0.4, -0.2) is 132 Å². The number of Topliss-reactive ketones (excluding diaryl/α,β-unsaturated/α-hetero) is 3. The van der Waals surface area contributed by atoms with Gasteiger partial charge in [0, 0.05) is 58.5 Å². The second-order valence-corrected chi connectivity index (χ2v) is 19.6. The molecule has 1 saturated carbocycles. The Morgan fingerprint density at radius 2 is 1.57 bits per heavy atom. The number of hydrogen-bond acceptors (Lipinski definition) is 13. The lowest BCUT2D eigenvalue weighted by molar-refractivity contribution is -0.265. The van der Waals surface area contributed by atoms with Crippen LogP contribution in [0.1, 0.15) is 126 Å². The Bertz CT molecular complexity index is 1760. The topological polar surface area (TPSA) is 195 Å². The zero-order valence-electron chi connectivity index (χ0n) is 40.6. The number of hydrogen-bond donors (Lipinski definition) is 3. The van der Waals surface area contributed by atoms with Gasteiger partial charge in [0.2, 0.25) is 5.79 Å². The van der Waals surface area contributed by atoms with Crippen LogP contribution in [0.3, 0.4) is 0 Å². The van der Waals surface area contributed by atoms with Gasteiger partial charge in [-0.2, -0.15) is 0 Å². The molecule has 4 rings (SSSR count). The van der Waals surface area contributed by atoms with E-state index in [-0.39, 0.29) is 54.8 Å². The molecule has 4 unspecified atom stereocenters. The second-order valence-electron chi connectivity index (χ2n) is 19.6. The molecular weight excluding hydrogens is 835 g/mol. The van der Waals surface area contributed by atoms with Gasteiger partial charge in [0.15, 0.2) is 5.78 Å². The van der Waals surface area contributed by atoms with Crippen molar-refractivity contribution in [3.63, 3.8) is 0 Å². The van der Waals surface area contributed by atoms with Gasteiger partial charge in [0.05, 0.1) is 24.4 Å². The molecule has 65 heavy (non-hydrogen) atoms. The van der Waals surface area contributed by atoms with Gasteiger partial charge >= 0.3 is 5.97 Å². The Hall–Kier alpha value is -3.37. The molecule has 2 bridgehead atoms. The highest BCUT2D eigenvalue weighted by atomic mass is 16.6. The number of methoxy groups -OCH3 is 3. The summed E-state index contributed by atoms with van der Waals surface area (Å²) in [5, 5.41) is 33.8. The number of nitrogens with zero attached hydrogens (tertiary/aromatic N) is 1. The first-order chi connectivity index (χ1) is 30.7. The second kappa shape index (κ2) is 25.1. The van der Waals surface area contributed by atoms with E-state index < -0.39 is 83.9 Å². The molecule has 15 atom stereocenters. The zero-order valence-corrected chi connectivity index (χ0v) is 40.6. The third kappa shape index (κ3) is 14.3. The predicted molar refractivity (Wildman–Crippen MR) is 245 cm³/mol. The fourth-order valence-electron chi connectivity index (χ4n) is 10.1. The molecule has 3 N–H and O–H groups in total. The Morgan fingerprint density at radius 3 is 2.25 bits per heavy atom. The van der Waals surface area contributed by atoms with Crippen LogP contribution in [0, 0.1) is 35.5 Å². The van der Waals surface area contributed by atoms with Crippen LogP contribution in [0.5, 0.6) is 0 Å². The fourth-order valence-corrected chi connectivity index (χ4v) is 10.1. The van der Waals surface area contributed by atoms with Crippen molar-refractivity contribution in [2.75, 3.05) is 27.9 Å². The quantitative estimate of drug-likeness (QED) is 0.156. The van der Waals surface area contributed by atoms with Crippen LogP contribution < -0.4 is 0 Å². The van der Waals surface area contributed by atoms with Crippen molar-refractivity contribution in [3.05, 3.63) is 47.6 Å². The number of piperidine rings is 1. The standard InChI is InChI=1S/C51H79NO13/c1-30-16-12-11-13-17-31(2)42(61-8)28-38-21-19-36(7)51(60,65-38)48(57)49(58)52-23-15-14-18-39(52)50(59)64-43(33(4)26-37-20-22-40(53)44(27-37)62-9)29-41(54)32(3)25-35(6)46(56)47(63-10)45(55)34(5)24-30/h11-13,16-17,25,30,32-34,36-40,42-44,46-47,53,56,60H,14-15,18-24,26-29H2,1-10H3/b13-11+,16-12+,31-17+,35-25+/t30-,32-,33-,34?,36-,37+,38?,39+,40?,42+,43+,44-,46-,47?,51-/m1/s1. The van der Waals surface area contributed by atoms with Gasteiger partial charge in [-0.1, -0.05) is 71.1 Å². The van der Waals surface area contributed by atoms with Gasteiger partial charge in [0.25, 0.3) is 11.7 Å². The first kappa shape index (κ1) is 54.2. The summed E-state index contributed by atoms with van der Waals surface area (Å²) in [5.41, 5.74) is 1.27. The summed E-state index contributed by atoms with van der Waals surface area (Å²) < 4.78 is 29.4. The molecule has 3 heterocycles. The molecule has 2 saturated heterocycles. The third-order valence-electron chi connectivity index (χ3n) is 14.5. The maximum atomic E-state index is 14.4. The van der Waals surface area contributed by atoms with Gasteiger partial charge in [-0.25, -0.2) is 4.79 Å². The molecule has 1 amide bonds. The molecule has 0 radical (unpaired) electrons. The molecule has 14 nitrogen and oxygen atoms in total. The Kier molecular flexibility index (Phi) is 21.0. The highest BCUT2D eigenvalue weighted by Gasteiger charge is 2.53. The third-order valence-corrected chi connectivity index (χ3v) is 14.5. The zero-order chi connectivity index (χ0) is 48.2. The van der Waals surface area contributed by atoms with E-state index in [1.54, 1.807) is 41.1 Å². The van der Waals surface area contributed by atoms with E-state index in [0.29, 0.717) is 63.4 Å². The van der Waals surface area contributed by atoms with Gasteiger partial charge < -0.3 is 43.9 Å². The maximum Gasteiger partial charge on any atom is 0.329 e. The Balaban J connectivity index is 1.70. The van der Waals surface area contributed by atoms with E-state index >= 15 is 0 Å². The molecule has 0 spiro atoms. The van der Waals surface area contributed by atoms with E-state index in [9.17, 15) is 39.3 Å². The average molecular weight is 914 g/mol. The lowest BCUT2D eigenvalue weighted by Crippen LogP contribution is -2.61. The van der Waals surface area contributed by atoms with Crippen molar-refractivity contribution < 1.29 is 63.0 Å². The summed E-state index contributed by atoms with van der Waals surface area (Å²) in [5.74, 6) is -7.96. The summed E-state index contributed by atoms with van der Waals surface area (Å²) in [4.78, 5) is 71.8. The summed E-state index contributed by atoms with van der Waals surface area (Å²) >= 11 is 0. The average Bonchev–Trinajstić information content (AvgIpc) is 3.28. The highest BCUT2D eigenvalue weighted by molar-refractivity contribution is 6.39. The molecular formula is C51H79NO13. The number of ether oxygens (including phenoxy) is 5. The van der Waals surface area contributed by atoms with E-state index in [0.717, 1.165) is 12.0 Å². The maximum absolute atomic E-state index is 14.4. The molecule has 14 heteroatoms. The van der Waals surface area contributed by atoms with Crippen molar-refractivity contribution in [1.29, 1.82) is 0 Å². The van der Waals surface area contributed by atoms with Crippen LogP contribution in [0.2, 0.25) is 0 Å².